The van der Waals surface area contributed by atoms with Gasteiger partial charge in [-0.3, -0.25) is 9.59 Å². The predicted molar refractivity (Wildman–Crippen MR) is 99.8 cm³/mol. The zero-order chi connectivity index (χ0) is 18.4. The fourth-order valence-corrected chi connectivity index (χ4v) is 2.92. The quantitative estimate of drug-likeness (QED) is 0.829. The number of anilines is 1. The number of rotatable bonds is 6. The SMILES string of the molecule is COc1cccc(C(=O)NCCN(C(C)=O)c2c(Cl)cccc2Cl)c1. The highest BCUT2D eigenvalue weighted by molar-refractivity contribution is 6.39. The van der Waals surface area contributed by atoms with Crippen LogP contribution in [0.25, 0.3) is 0 Å². The van der Waals surface area contributed by atoms with Crippen molar-refractivity contribution in [1.82, 2.24) is 5.32 Å². The molecule has 5 nitrogen and oxygen atoms in total. The molecule has 0 atom stereocenters. The maximum Gasteiger partial charge on any atom is 0.251 e. The van der Waals surface area contributed by atoms with Crippen molar-refractivity contribution in [2.75, 3.05) is 25.1 Å². The lowest BCUT2D eigenvalue weighted by Crippen LogP contribution is -2.37. The van der Waals surface area contributed by atoms with Gasteiger partial charge in [-0.15, -0.1) is 0 Å². The van der Waals surface area contributed by atoms with Crippen LogP contribution in [0.1, 0.15) is 17.3 Å². The number of hydrogen-bond donors (Lipinski definition) is 1. The van der Waals surface area contributed by atoms with Crippen molar-refractivity contribution in [1.29, 1.82) is 0 Å². The number of amides is 2. The second-order valence-corrected chi connectivity index (χ2v) is 6.04. The first-order valence-electron chi connectivity index (χ1n) is 7.58. The highest BCUT2D eigenvalue weighted by Gasteiger charge is 2.18. The molecule has 0 aliphatic rings. The number of ether oxygens (including phenoxy) is 1. The van der Waals surface area contributed by atoms with Gasteiger partial charge in [0.1, 0.15) is 5.75 Å². The van der Waals surface area contributed by atoms with Crippen molar-refractivity contribution in [3.8, 4) is 5.75 Å². The topological polar surface area (TPSA) is 58.6 Å². The maximum absolute atomic E-state index is 12.2. The van der Waals surface area contributed by atoms with E-state index in [1.165, 1.54) is 18.9 Å². The number of para-hydroxylation sites is 1. The van der Waals surface area contributed by atoms with E-state index in [4.69, 9.17) is 27.9 Å². The summed E-state index contributed by atoms with van der Waals surface area (Å²) in [5.41, 5.74) is 0.915. The molecule has 132 valence electrons. The number of carbonyl (C=O) groups is 2. The lowest BCUT2D eigenvalue weighted by molar-refractivity contribution is -0.116. The first-order chi connectivity index (χ1) is 11.9. The molecule has 0 bridgehead atoms. The van der Waals surface area contributed by atoms with Crippen molar-refractivity contribution in [3.05, 3.63) is 58.1 Å². The number of methoxy groups -OCH3 is 1. The second-order valence-electron chi connectivity index (χ2n) is 5.23. The Labute approximate surface area is 156 Å². The van der Waals surface area contributed by atoms with Gasteiger partial charge in [-0.25, -0.2) is 0 Å². The Morgan fingerprint density at radius 2 is 1.76 bits per heavy atom. The minimum absolute atomic E-state index is 0.217. The third-order valence-electron chi connectivity index (χ3n) is 3.54. The number of benzene rings is 2. The van der Waals surface area contributed by atoms with E-state index in [-0.39, 0.29) is 24.9 Å². The van der Waals surface area contributed by atoms with Crippen LogP contribution >= 0.6 is 23.2 Å². The molecule has 2 aromatic carbocycles. The highest BCUT2D eigenvalue weighted by Crippen LogP contribution is 2.33. The second kappa shape index (κ2) is 8.74. The van der Waals surface area contributed by atoms with E-state index in [0.29, 0.717) is 27.0 Å². The molecule has 0 heterocycles. The molecular weight excluding hydrogens is 363 g/mol. The molecule has 7 heteroatoms. The molecule has 25 heavy (non-hydrogen) atoms. The van der Waals surface area contributed by atoms with Gasteiger partial charge in [-0.05, 0) is 30.3 Å². The number of nitrogens with one attached hydrogen (secondary N) is 1. The smallest absolute Gasteiger partial charge is 0.251 e. The average molecular weight is 381 g/mol. The molecule has 0 aliphatic carbocycles. The average Bonchev–Trinajstić information content (AvgIpc) is 2.59. The van der Waals surface area contributed by atoms with Gasteiger partial charge in [0.2, 0.25) is 5.91 Å². The fraction of sp³-hybridized carbons (Fsp3) is 0.222. The molecular formula is C18H18Cl2N2O3. The molecule has 0 fully saturated rings. The van der Waals surface area contributed by atoms with Gasteiger partial charge in [0.05, 0.1) is 22.8 Å². The molecule has 0 saturated carbocycles. The molecule has 0 spiro atoms. The van der Waals surface area contributed by atoms with Gasteiger partial charge in [0.15, 0.2) is 0 Å². The van der Waals surface area contributed by atoms with Crippen LogP contribution in [0.5, 0.6) is 5.75 Å². The Morgan fingerprint density at radius 1 is 1.12 bits per heavy atom. The third-order valence-corrected chi connectivity index (χ3v) is 4.15. The number of halogens is 2. The van der Waals surface area contributed by atoms with E-state index in [1.807, 2.05) is 0 Å². The fourth-order valence-electron chi connectivity index (χ4n) is 2.32. The molecule has 2 amide bonds. The van der Waals surface area contributed by atoms with Gasteiger partial charge in [-0.2, -0.15) is 0 Å². The van der Waals surface area contributed by atoms with E-state index in [0.717, 1.165) is 0 Å². The Kier molecular flexibility index (Phi) is 6.67. The standard InChI is InChI=1S/C18H18Cl2N2O3/c1-12(23)22(17-15(19)7-4-8-16(17)20)10-9-21-18(24)13-5-3-6-14(11-13)25-2/h3-8,11H,9-10H2,1-2H3,(H,21,24). The van der Waals surface area contributed by atoms with Crippen LogP contribution in [0.3, 0.4) is 0 Å². The number of nitrogens with zero attached hydrogens (tertiary/aromatic N) is 1. The summed E-state index contributed by atoms with van der Waals surface area (Å²) in [6.45, 7) is 1.91. The molecule has 2 aromatic rings. The Morgan fingerprint density at radius 3 is 2.36 bits per heavy atom. The van der Waals surface area contributed by atoms with E-state index in [2.05, 4.69) is 5.32 Å². The van der Waals surface area contributed by atoms with Crippen LogP contribution in [0.2, 0.25) is 10.0 Å². The van der Waals surface area contributed by atoms with Gasteiger partial charge < -0.3 is 15.0 Å². The number of hydrogen-bond acceptors (Lipinski definition) is 3. The van der Waals surface area contributed by atoms with E-state index in [9.17, 15) is 9.59 Å². The Bertz CT molecular complexity index is 760. The summed E-state index contributed by atoms with van der Waals surface area (Å²) >= 11 is 12.3. The molecule has 0 aromatic heterocycles. The van der Waals surface area contributed by atoms with Gasteiger partial charge in [-0.1, -0.05) is 35.3 Å². The third kappa shape index (κ3) is 4.87. The summed E-state index contributed by atoms with van der Waals surface area (Å²) in [5, 5.41) is 3.52. The minimum Gasteiger partial charge on any atom is -0.497 e. The molecule has 1 N–H and O–H groups in total. The van der Waals surface area contributed by atoms with Crippen molar-refractivity contribution in [2.24, 2.45) is 0 Å². The lowest BCUT2D eigenvalue weighted by Gasteiger charge is -2.23. The summed E-state index contributed by atoms with van der Waals surface area (Å²) in [6, 6.07) is 11.8. The lowest BCUT2D eigenvalue weighted by atomic mass is 10.2. The summed E-state index contributed by atoms with van der Waals surface area (Å²) in [5.74, 6) is 0.124. The van der Waals surface area contributed by atoms with Crippen LogP contribution in [0.15, 0.2) is 42.5 Å². The van der Waals surface area contributed by atoms with Gasteiger partial charge >= 0.3 is 0 Å². The van der Waals surface area contributed by atoms with Gasteiger partial charge in [0.25, 0.3) is 5.91 Å². The predicted octanol–water partition coefficient (Wildman–Crippen LogP) is 3.78. The zero-order valence-corrected chi connectivity index (χ0v) is 15.4. The van der Waals surface area contributed by atoms with Crippen molar-refractivity contribution in [2.45, 2.75) is 6.92 Å². The first kappa shape index (κ1) is 19.1. The highest BCUT2D eigenvalue weighted by atomic mass is 35.5. The first-order valence-corrected chi connectivity index (χ1v) is 8.34. The van der Waals surface area contributed by atoms with E-state index < -0.39 is 0 Å². The van der Waals surface area contributed by atoms with Crippen molar-refractivity contribution >= 4 is 40.7 Å². The van der Waals surface area contributed by atoms with Crippen LogP contribution in [0.4, 0.5) is 5.69 Å². The molecule has 2 rings (SSSR count). The van der Waals surface area contributed by atoms with E-state index in [1.54, 1.807) is 42.5 Å². The Balaban J connectivity index is 2.05. The van der Waals surface area contributed by atoms with Crippen LogP contribution < -0.4 is 15.0 Å². The molecule has 0 radical (unpaired) electrons. The molecule has 0 saturated heterocycles. The van der Waals surface area contributed by atoms with Crippen molar-refractivity contribution in [3.63, 3.8) is 0 Å². The van der Waals surface area contributed by atoms with Crippen LogP contribution in [-0.2, 0) is 4.79 Å². The van der Waals surface area contributed by atoms with Crippen molar-refractivity contribution < 1.29 is 14.3 Å². The molecule has 0 aliphatic heterocycles. The van der Waals surface area contributed by atoms with Gasteiger partial charge in [0, 0.05) is 25.6 Å². The number of carbonyl (C=O) groups excluding carboxylic acids is 2. The van der Waals surface area contributed by atoms with Crippen LogP contribution in [-0.4, -0.2) is 32.0 Å². The minimum atomic E-state index is -0.257. The monoisotopic (exact) mass is 380 g/mol. The van der Waals surface area contributed by atoms with E-state index >= 15 is 0 Å². The summed E-state index contributed by atoms with van der Waals surface area (Å²) in [4.78, 5) is 25.6. The summed E-state index contributed by atoms with van der Waals surface area (Å²) in [6.07, 6.45) is 0. The largest absolute Gasteiger partial charge is 0.497 e. The summed E-state index contributed by atoms with van der Waals surface area (Å²) in [7, 11) is 1.54. The maximum atomic E-state index is 12.2. The summed E-state index contributed by atoms with van der Waals surface area (Å²) < 4.78 is 5.10. The Hall–Kier alpha value is -2.24. The normalized spacial score (nSPS) is 10.2. The van der Waals surface area contributed by atoms with Crippen LogP contribution in [0, 0.1) is 0 Å². The molecule has 0 unspecified atom stereocenters. The zero-order valence-electron chi connectivity index (χ0n) is 13.9.